The first-order chi connectivity index (χ1) is 19.7. The molecule has 1 aliphatic carbocycles. The minimum atomic E-state index is -0.0815. The number of morpholine rings is 1. The van der Waals surface area contributed by atoms with Crippen LogP contribution in [0.5, 0.6) is 0 Å². The van der Waals surface area contributed by atoms with E-state index in [1.807, 2.05) is 0 Å². The Morgan fingerprint density at radius 1 is 1.00 bits per heavy atom. The van der Waals surface area contributed by atoms with Gasteiger partial charge in [-0.1, -0.05) is 33.3 Å². The smallest absolute Gasteiger partial charge is 0.0968 e. The molecule has 1 saturated carbocycles. The highest BCUT2D eigenvalue weighted by molar-refractivity contribution is 5.93. The van der Waals surface area contributed by atoms with E-state index < -0.39 is 0 Å². The first kappa shape index (κ1) is 30.1. The Morgan fingerprint density at radius 3 is 2.29 bits per heavy atom. The second kappa shape index (κ2) is 12.8. The molecule has 3 fully saturated rings. The summed E-state index contributed by atoms with van der Waals surface area (Å²) >= 11 is 0. The molecule has 2 aliphatic heterocycles. The zero-order chi connectivity index (χ0) is 29.1. The van der Waals surface area contributed by atoms with Crippen LogP contribution in [0, 0.1) is 12.3 Å². The van der Waals surface area contributed by atoms with E-state index in [1.54, 1.807) is 7.11 Å². The summed E-state index contributed by atoms with van der Waals surface area (Å²) in [4.78, 5) is 12.8. The Balaban J connectivity index is 1.59. The Labute approximate surface area is 248 Å². The van der Waals surface area contributed by atoms with Crippen molar-refractivity contribution >= 4 is 22.5 Å². The maximum absolute atomic E-state index is 5.87. The van der Waals surface area contributed by atoms with E-state index in [4.69, 9.17) is 14.5 Å². The number of aromatic nitrogens is 1. The number of hydrogen-bond acceptors (Lipinski definition) is 6. The summed E-state index contributed by atoms with van der Waals surface area (Å²) in [6.07, 6.45) is 6.88. The summed E-state index contributed by atoms with van der Waals surface area (Å²) in [6.45, 7) is 21.7. The van der Waals surface area contributed by atoms with Crippen molar-refractivity contribution in [2.45, 2.75) is 79.4 Å². The van der Waals surface area contributed by atoms with Gasteiger partial charge in [-0.15, -0.1) is 0 Å². The van der Waals surface area contributed by atoms with E-state index in [-0.39, 0.29) is 11.5 Å². The summed E-state index contributed by atoms with van der Waals surface area (Å²) in [6, 6.07) is 10.3. The Kier molecular flexibility index (Phi) is 9.42. The number of aryl methyl sites for hydroxylation is 1. The molecule has 2 aromatic rings. The molecule has 3 aliphatic rings. The maximum Gasteiger partial charge on any atom is 0.0968 e. The van der Waals surface area contributed by atoms with E-state index in [1.165, 1.54) is 52.1 Å². The SMILES string of the molecule is CCC(C)(C)C/C(=C(/C)c1cc(N2CCN(C3CC3)CC2)cnc1C(C)OC)c1cc(N2CCOCC2)ccc1C. The van der Waals surface area contributed by atoms with E-state index in [0.717, 1.165) is 77.1 Å². The number of benzene rings is 1. The molecule has 1 aromatic heterocycles. The van der Waals surface area contributed by atoms with Gasteiger partial charge >= 0.3 is 0 Å². The van der Waals surface area contributed by atoms with Crippen molar-refractivity contribution in [2.24, 2.45) is 5.41 Å². The highest BCUT2D eigenvalue weighted by Crippen LogP contribution is 2.42. The quantitative estimate of drug-likeness (QED) is 0.312. The lowest BCUT2D eigenvalue weighted by atomic mass is 9.78. The molecule has 41 heavy (non-hydrogen) atoms. The number of piperazine rings is 1. The van der Waals surface area contributed by atoms with Gasteiger partial charge in [-0.2, -0.15) is 0 Å². The van der Waals surface area contributed by atoms with Crippen molar-refractivity contribution in [3.63, 3.8) is 0 Å². The van der Waals surface area contributed by atoms with Gasteiger partial charge in [-0.05, 0) is 85.9 Å². The molecule has 1 aromatic carbocycles. The molecule has 224 valence electrons. The molecule has 6 nitrogen and oxygen atoms in total. The van der Waals surface area contributed by atoms with Gasteiger partial charge in [0.15, 0.2) is 0 Å². The first-order valence-corrected chi connectivity index (χ1v) is 15.9. The lowest BCUT2D eigenvalue weighted by molar-refractivity contribution is 0.116. The van der Waals surface area contributed by atoms with Crippen molar-refractivity contribution in [2.75, 3.05) is 69.4 Å². The van der Waals surface area contributed by atoms with Crippen LogP contribution in [-0.4, -0.2) is 75.5 Å². The van der Waals surface area contributed by atoms with E-state index in [2.05, 4.69) is 86.7 Å². The van der Waals surface area contributed by atoms with Gasteiger partial charge in [0, 0.05) is 63.7 Å². The van der Waals surface area contributed by atoms with Gasteiger partial charge < -0.3 is 19.3 Å². The van der Waals surface area contributed by atoms with E-state index in [9.17, 15) is 0 Å². The van der Waals surface area contributed by atoms with Crippen molar-refractivity contribution in [3.05, 3.63) is 52.8 Å². The molecule has 1 unspecified atom stereocenters. The molecule has 0 N–H and O–H groups in total. The zero-order valence-corrected chi connectivity index (χ0v) is 26.6. The van der Waals surface area contributed by atoms with Crippen LogP contribution >= 0.6 is 0 Å². The summed E-state index contributed by atoms with van der Waals surface area (Å²) in [5.41, 5.74) is 10.4. The van der Waals surface area contributed by atoms with Crippen LogP contribution in [0.3, 0.4) is 0 Å². The van der Waals surface area contributed by atoms with Gasteiger partial charge in [0.25, 0.3) is 0 Å². The van der Waals surface area contributed by atoms with E-state index in [0.29, 0.717) is 0 Å². The number of allylic oxidation sites excluding steroid dienone is 2. The average Bonchev–Trinajstić information content (AvgIpc) is 3.86. The molecule has 5 rings (SSSR count). The predicted molar refractivity (Wildman–Crippen MR) is 172 cm³/mol. The molecule has 1 atom stereocenters. The molecule has 0 amide bonds. The van der Waals surface area contributed by atoms with Crippen LogP contribution in [0.4, 0.5) is 11.4 Å². The van der Waals surface area contributed by atoms with Crippen LogP contribution in [0.1, 0.15) is 88.8 Å². The van der Waals surface area contributed by atoms with Crippen molar-refractivity contribution < 1.29 is 9.47 Å². The molecular weight excluding hydrogens is 508 g/mol. The summed E-state index contributed by atoms with van der Waals surface area (Å²) in [5.74, 6) is 0. The predicted octanol–water partition coefficient (Wildman–Crippen LogP) is 6.98. The number of nitrogens with zero attached hydrogens (tertiary/aromatic N) is 4. The fraction of sp³-hybridized carbons (Fsp3) is 0.629. The van der Waals surface area contributed by atoms with Gasteiger partial charge in [0.2, 0.25) is 0 Å². The first-order valence-electron chi connectivity index (χ1n) is 15.9. The number of anilines is 2. The zero-order valence-electron chi connectivity index (χ0n) is 26.6. The summed E-state index contributed by atoms with van der Waals surface area (Å²) in [7, 11) is 1.79. The number of methoxy groups -OCH3 is 1. The van der Waals surface area contributed by atoms with Crippen molar-refractivity contribution in [3.8, 4) is 0 Å². The fourth-order valence-electron chi connectivity index (χ4n) is 6.31. The van der Waals surface area contributed by atoms with Gasteiger partial charge in [-0.25, -0.2) is 0 Å². The van der Waals surface area contributed by atoms with Crippen LogP contribution in [0.15, 0.2) is 30.5 Å². The highest BCUT2D eigenvalue weighted by atomic mass is 16.5. The molecule has 0 spiro atoms. The Bertz CT molecular complexity index is 1220. The Hall–Kier alpha value is -2.41. The topological polar surface area (TPSA) is 41.1 Å². The normalized spacial score (nSPS) is 20.3. The van der Waals surface area contributed by atoms with Gasteiger partial charge in [0.1, 0.15) is 0 Å². The summed E-state index contributed by atoms with van der Waals surface area (Å²) < 4.78 is 11.5. The van der Waals surface area contributed by atoms with Crippen LogP contribution in [-0.2, 0) is 9.47 Å². The molecular formula is C35H52N4O2. The number of rotatable bonds is 10. The Morgan fingerprint density at radius 2 is 1.66 bits per heavy atom. The average molecular weight is 561 g/mol. The van der Waals surface area contributed by atoms with Crippen LogP contribution < -0.4 is 9.80 Å². The third-order valence-electron chi connectivity index (χ3n) is 9.78. The molecule has 6 heteroatoms. The molecule has 0 radical (unpaired) electrons. The number of pyridine rings is 1. The largest absolute Gasteiger partial charge is 0.378 e. The standard InChI is InChI=1S/C35H52N4O2/c1-8-35(5,6)23-33(31-21-29(10-9-25(31)2)39-17-19-41-20-18-39)26(3)32-22-30(24-36-34(32)27(4)40-7)38-15-13-37(14-16-38)28-11-12-28/h9-10,21-22,24,27-28H,8,11-20,23H2,1-7H3/b33-26+. The van der Waals surface area contributed by atoms with Crippen LogP contribution in [0.25, 0.3) is 11.1 Å². The van der Waals surface area contributed by atoms with Crippen molar-refractivity contribution in [1.82, 2.24) is 9.88 Å². The highest BCUT2D eigenvalue weighted by Gasteiger charge is 2.32. The number of ether oxygens (including phenoxy) is 2. The minimum Gasteiger partial charge on any atom is -0.378 e. The number of hydrogen-bond donors (Lipinski definition) is 0. The third kappa shape index (κ3) is 6.98. The maximum atomic E-state index is 5.87. The lowest BCUT2D eigenvalue weighted by Gasteiger charge is -2.36. The second-order valence-corrected chi connectivity index (χ2v) is 13.2. The lowest BCUT2D eigenvalue weighted by Crippen LogP contribution is -2.47. The molecule has 3 heterocycles. The van der Waals surface area contributed by atoms with Gasteiger partial charge in [0.05, 0.1) is 36.9 Å². The third-order valence-corrected chi connectivity index (χ3v) is 9.78. The van der Waals surface area contributed by atoms with Crippen LogP contribution in [0.2, 0.25) is 0 Å². The fourth-order valence-corrected chi connectivity index (χ4v) is 6.31. The monoisotopic (exact) mass is 560 g/mol. The molecule has 0 bridgehead atoms. The van der Waals surface area contributed by atoms with E-state index >= 15 is 0 Å². The molecule has 2 saturated heterocycles. The van der Waals surface area contributed by atoms with Gasteiger partial charge in [-0.3, -0.25) is 9.88 Å². The second-order valence-electron chi connectivity index (χ2n) is 13.2. The minimum absolute atomic E-state index is 0.0815. The van der Waals surface area contributed by atoms with Crippen molar-refractivity contribution in [1.29, 1.82) is 0 Å². The summed E-state index contributed by atoms with van der Waals surface area (Å²) in [5, 5.41) is 0.